The number of hydrogen-bond acceptors (Lipinski definition) is 10. The highest BCUT2D eigenvalue weighted by atomic mass is 32.1. The lowest BCUT2D eigenvalue weighted by atomic mass is 9.92. The molecule has 2 N–H and O–H groups in total. The van der Waals surface area contributed by atoms with Gasteiger partial charge in [0.15, 0.2) is 5.82 Å². The summed E-state index contributed by atoms with van der Waals surface area (Å²) in [5.74, 6) is -3.18. The van der Waals surface area contributed by atoms with Crippen LogP contribution in [0.1, 0.15) is 36.8 Å². The van der Waals surface area contributed by atoms with Gasteiger partial charge in [-0.2, -0.15) is 28.4 Å². The van der Waals surface area contributed by atoms with Crippen LogP contribution in [0.5, 0.6) is 11.9 Å². The number of nitrogens with zero attached hydrogens (tertiary/aromatic N) is 5. The number of thiophene rings is 1. The maximum Gasteiger partial charge on any atom is 0.417 e. The molecule has 0 saturated carbocycles. The lowest BCUT2D eigenvalue weighted by Gasteiger charge is -2.31. The number of alkyl halides is 4. The largest absolute Gasteiger partial charge is 0.471 e. The van der Waals surface area contributed by atoms with Gasteiger partial charge in [-0.3, -0.25) is 9.69 Å². The zero-order valence-corrected chi connectivity index (χ0v) is 28.6. The Kier molecular flexibility index (Phi) is 9.20. The van der Waals surface area contributed by atoms with Crippen molar-refractivity contribution in [3.05, 3.63) is 53.6 Å². The number of amides is 1. The molecule has 10 nitrogen and oxygen atoms in total. The van der Waals surface area contributed by atoms with Crippen LogP contribution >= 0.6 is 11.3 Å². The van der Waals surface area contributed by atoms with Crippen LogP contribution in [0, 0.1) is 23.0 Å². The molecule has 3 saturated heterocycles. The summed E-state index contributed by atoms with van der Waals surface area (Å²) in [6, 6.07) is 3.13. The van der Waals surface area contributed by atoms with E-state index in [4.69, 9.17) is 19.9 Å². The van der Waals surface area contributed by atoms with E-state index in [1.807, 2.05) is 4.90 Å². The van der Waals surface area contributed by atoms with Crippen molar-refractivity contribution in [2.24, 2.45) is 0 Å². The number of nitrogen functional groups attached to an aromatic ring is 1. The van der Waals surface area contributed by atoms with Crippen LogP contribution in [-0.4, -0.2) is 89.5 Å². The van der Waals surface area contributed by atoms with Crippen LogP contribution < -0.4 is 15.2 Å². The van der Waals surface area contributed by atoms with Crippen molar-refractivity contribution in [1.82, 2.24) is 19.8 Å². The Balaban J connectivity index is 1.43. The van der Waals surface area contributed by atoms with E-state index in [2.05, 4.69) is 16.5 Å². The van der Waals surface area contributed by atoms with E-state index in [0.29, 0.717) is 30.4 Å². The van der Waals surface area contributed by atoms with Gasteiger partial charge in [0.1, 0.15) is 41.3 Å². The molecule has 4 unspecified atom stereocenters. The summed E-state index contributed by atoms with van der Waals surface area (Å²) in [7, 11) is 1.41. The van der Waals surface area contributed by atoms with Gasteiger partial charge in [-0.25, -0.2) is 13.2 Å². The first kappa shape index (κ1) is 35.7. The van der Waals surface area contributed by atoms with Crippen LogP contribution in [0.3, 0.4) is 0 Å². The van der Waals surface area contributed by atoms with E-state index < -0.39 is 87.1 Å². The second kappa shape index (κ2) is 13.4. The van der Waals surface area contributed by atoms with Crippen LogP contribution in [0.4, 0.5) is 31.3 Å². The van der Waals surface area contributed by atoms with Gasteiger partial charge in [0.05, 0.1) is 39.4 Å². The lowest BCUT2D eigenvalue weighted by molar-refractivity contribution is -0.137. The minimum absolute atomic E-state index is 0.00273. The Morgan fingerprint density at radius 1 is 1.27 bits per heavy atom. The molecule has 3 fully saturated rings. The lowest BCUT2D eigenvalue weighted by Crippen LogP contribution is -2.44. The fourth-order valence-corrected chi connectivity index (χ4v) is 8.79. The van der Waals surface area contributed by atoms with Crippen molar-refractivity contribution in [2.45, 2.75) is 55.7 Å². The molecular weight excluding hydrogens is 714 g/mol. The van der Waals surface area contributed by atoms with Gasteiger partial charge < -0.3 is 24.8 Å². The molecule has 0 radical (unpaired) electrons. The van der Waals surface area contributed by atoms with Crippen LogP contribution in [0.25, 0.3) is 32.1 Å². The summed E-state index contributed by atoms with van der Waals surface area (Å²) in [6.07, 6.45) is -4.17. The molecule has 0 spiro atoms. The second-order valence-electron chi connectivity index (χ2n) is 13.1. The highest BCUT2D eigenvalue weighted by Gasteiger charge is 2.49. The Hall–Kier alpha value is -4.66. The predicted molar refractivity (Wildman–Crippen MR) is 180 cm³/mol. The molecule has 2 aromatic carbocycles. The smallest absolute Gasteiger partial charge is 0.417 e. The number of carbonyl (C=O) groups is 1. The molecule has 0 aliphatic carbocycles. The Morgan fingerprint density at radius 3 is 2.77 bits per heavy atom. The first-order chi connectivity index (χ1) is 24.8. The first-order valence-electron chi connectivity index (χ1n) is 16.4. The third-order valence-corrected chi connectivity index (χ3v) is 11.2. The molecule has 1 amide bonds. The van der Waals surface area contributed by atoms with Crippen LogP contribution in [-0.2, 0) is 15.7 Å². The topological polar surface area (TPSA) is 127 Å². The van der Waals surface area contributed by atoms with E-state index in [-0.39, 0.29) is 59.8 Å². The number of rotatable bonds is 9. The van der Waals surface area contributed by atoms with Crippen molar-refractivity contribution in [2.75, 3.05) is 45.7 Å². The number of nitriles is 1. The zero-order valence-electron chi connectivity index (χ0n) is 27.7. The number of hydrogen-bond donors (Lipinski definition) is 1. The Morgan fingerprint density at radius 2 is 2.06 bits per heavy atom. The summed E-state index contributed by atoms with van der Waals surface area (Å²) in [5, 5.41) is 8.93. The summed E-state index contributed by atoms with van der Waals surface area (Å²) >= 11 is 0.654. The molecule has 4 atom stereocenters. The molecule has 7 rings (SSSR count). The van der Waals surface area contributed by atoms with Gasteiger partial charge in [0.2, 0.25) is 11.8 Å². The fourth-order valence-electron chi connectivity index (χ4n) is 7.84. The molecule has 0 bridgehead atoms. The minimum Gasteiger partial charge on any atom is -0.471 e. The van der Waals surface area contributed by atoms with Crippen molar-refractivity contribution in [1.29, 1.82) is 5.26 Å². The van der Waals surface area contributed by atoms with Gasteiger partial charge in [-0.15, -0.1) is 11.3 Å². The predicted octanol–water partition coefficient (Wildman–Crippen LogP) is 6.40. The molecule has 2 aromatic heterocycles. The van der Waals surface area contributed by atoms with Crippen LogP contribution in [0.2, 0.25) is 0 Å². The fraction of sp³-hybridized carbons (Fsp3) is 0.429. The molecule has 274 valence electrons. The maximum absolute atomic E-state index is 17.1. The van der Waals surface area contributed by atoms with Crippen molar-refractivity contribution in [3.63, 3.8) is 0 Å². The van der Waals surface area contributed by atoms with E-state index in [0.717, 1.165) is 24.6 Å². The van der Waals surface area contributed by atoms with Gasteiger partial charge in [-0.1, -0.05) is 12.6 Å². The van der Waals surface area contributed by atoms with E-state index in [9.17, 15) is 32.0 Å². The quantitative estimate of drug-likeness (QED) is 0.153. The van der Waals surface area contributed by atoms with Gasteiger partial charge in [0.25, 0.3) is 0 Å². The number of nitrogens with two attached hydrogens (primary N) is 1. The highest BCUT2D eigenvalue weighted by molar-refractivity contribution is 7.23. The summed E-state index contributed by atoms with van der Waals surface area (Å²) in [6.45, 7) is 4.52. The normalized spacial score (nSPS) is 23.3. The number of anilines is 1. The first-order valence-corrected chi connectivity index (χ1v) is 17.2. The van der Waals surface area contributed by atoms with Gasteiger partial charge in [0, 0.05) is 44.0 Å². The zero-order chi connectivity index (χ0) is 37.1. The van der Waals surface area contributed by atoms with E-state index in [1.54, 1.807) is 6.07 Å². The molecule has 17 heteroatoms. The number of carbonyl (C=O) groups excluding carboxylic acids is 1. The number of likely N-dealkylation sites (tertiary alicyclic amines) is 1. The third-order valence-electron chi connectivity index (χ3n) is 10.2. The monoisotopic (exact) mass is 746 g/mol. The molecule has 4 aromatic rings. The maximum atomic E-state index is 17.1. The summed E-state index contributed by atoms with van der Waals surface area (Å²) < 4.78 is 109. The molecule has 52 heavy (non-hydrogen) atoms. The second-order valence-corrected chi connectivity index (χ2v) is 14.2. The number of aromatic nitrogens is 2. The average Bonchev–Trinajstić information content (AvgIpc) is 3.85. The van der Waals surface area contributed by atoms with Crippen molar-refractivity contribution in [3.8, 4) is 29.1 Å². The van der Waals surface area contributed by atoms with Crippen LogP contribution in [0.15, 0.2) is 30.9 Å². The summed E-state index contributed by atoms with van der Waals surface area (Å²) in [4.78, 5) is 24.6. The van der Waals surface area contributed by atoms with Gasteiger partial charge in [-0.05, 0) is 43.2 Å². The third kappa shape index (κ3) is 5.96. The number of ether oxygens (including phenoxy) is 3. The molecule has 3 aliphatic rings. The van der Waals surface area contributed by atoms with E-state index in [1.165, 1.54) is 12.0 Å². The Bertz CT molecular complexity index is 2140. The molecular formula is C35H32F6N6O4S. The number of benzene rings is 2. The van der Waals surface area contributed by atoms with Crippen molar-refractivity contribution < 1.29 is 45.3 Å². The van der Waals surface area contributed by atoms with Gasteiger partial charge >= 0.3 is 12.2 Å². The Labute approximate surface area is 297 Å². The highest BCUT2D eigenvalue weighted by Crippen LogP contribution is 2.48. The van der Waals surface area contributed by atoms with E-state index >= 15 is 4.39 Å². The molecule has 3 aliphatic heterocycles. The average molecular weight is 747 g/mol. The minimum atomic E-state index is -5.18. The summed E-state index contributed by atoms with van der Waals surface area (Å²) in [5.41, 5.74) is 1.47. The number of methoxy groups -OCH3 is 1. The number of halogens is 6. The number of fused-ring (bicyclic) bond motifs is 3. The standard InChI is InChI=1S/C35H32F6N6O4S/c1-3-25(48)47-10-7-24(23(47)15-49-2)51-32-19-11-21(35(39,40)41)27(18-5-6-22(37)30-26(18)20(13-42)31(43)52-30)28(38)29(19)44-33(45-32)50-16-34-8-4-9-46(34)14-17(36)12-34/h3,5-6,11,17,23-24H,1,4,7-10,12,14-16,43H2,2H3. The SMILES string of the molecule is C=CC(=O)N1CCC(Oc2nc(OCC34CCCN3CC(F)C4)nc3c(F)c(-c4ccc(F)c5sc(N)c(C#N)c45)c(C(F)(F)F)cc23)C1COC. The van der Waals surface area contributed by atoms with Crippen molar-refractivity contribution >= 4 is 43.2 Å². The molecule has 5 heterocycles.